The van der Waals surface area contributed by atoms with E-state index in [1.807, 2.05) is 43.3 Å². The molecule has 0 aliphatic carbocycles. The maximum absolute atomic E-state index is 12.0. The molecule has 1 aromatic carbocycles. The first-order chi connectivity index (χ1) is 11.2. The number of aromatic nitrogens is 2. The van der Waals surface area contributed by atoms with Crippen LogP contribution in [-0.2, 0) is 6.54 Å². The SMILES string of the molecule is Cc1nnc(C(=O)NCc2cccc(-c3ccc(C#N)s3)c2)s1. The molecule has 2 heterocycles. The first-order valence-electron chi connectivity index (χ1n) is 6.83. The Bertz CT molecular complexity index is 891. The van der Waals surface area contributed by atoms with Crippen molar-refractivity contribution < 1.29 is 4.79 Å². The van der Waals surface area contributed by atoms with Crippen molar-refractivity contribution in [3.63, 3.8) is 0 Å². The molecule has 3 aromatic rings. The van der Waals surface area contributed by atoms with E-state index < -0.39 is 0 Å². The van der Waals surface area contributed by atoms with Crippen LogP contribution in [0.15, 0.2) is 36.4 Å². The molecule has 0 spiro atoms. The summed E-state index contributed by atoms with van der Waals surface area (Å²) < 4.78 is 0. The van der Waals surface area contributed by atoms with Crippen molar-refractivity contribution in [3.8, 4) is 16.5 Å². The molecule has 1 amide bonds. The van der Waals surface area contributed by atoms with Crippen molar-refractivity contribution in [1.29, 1.82) is 5.26 Å². The predicted octanol–water partition coefficient (Wildman–Crippen LogP) is 3.38. The summed E-state index contributed by atoms with van der Waals surface area (Å²) in [4.78, 5) is 13.7. The minimum atomic E-state index is -0.219. The highest BCUT2D eigenvalue weighted by Crippen LogP contribution is 2.28. The number of hydrogen-bond donors (Lipinski definition) is 1. The number of carbonyl (C=O) groups excluding carboxylic acids is 1. The van der Waals surface area contributed by atoms with E-state index >= 15 is 0 Å². The molecule has 0 aliphatic heterocycles. The number of aryl methyl sites for hydroxylation is 1. The molecular weight excluding hydrogens is 328 g/mol. The fraction of sp³-hybridized carbons (Fsp3) is 0.125. The van der Waals surface area contributed by atoms with Crippen molar-refractivity contribution in [2.45, 2.75) is 13.5 Å². The van der Waals surface area contributed by atoms with E-state index in [2.05, 4.69) is 21.6 Å². The molecule has 3 rings (SSSR count). The van der Waals surface area contributed by atoms with Crippen LogP contribution in [0, 0.1) is 18.3 Å². The average molecular weight is 340 g/mol. The van der Waals surface area contributed by atoms with Crippen molar-refractivity contribution >= 4 is 28.6 Å². The van der Waals surface area contributed by atoms with Gasteiger partial charge in [-0.3, -0.25) is 4.79 Å². The van der Waals surface area contributed by atoms with Gasteiger partial charge in [0, 0.05) is 11.4 Å². The number of carbonyl (C=O) groups is 1. The minimum Gasteiger partial charge on any atom is -0.346 e. The van der Waals surface area contributed by atoms with E-state index in [-0.39, 0.29) is 5.91 Å². The summed E-state index contributed by atoms with van der Waals surface area (Å²) in [5.41, 5.74) is 2.03. The molecule has 1 N–H and O–H groups in total. The molecule has 5 nitrogen and oxygen atoms in total. The zero-order valence-corrected chi connectivity index (χ0v) is 13.9. The molecule has 0 fully saturated rings. The lowest BCUT2D eigenvalue weighted by Crippen LogP contribution is -2.22. The Morgan fingerprint density at radius 2 is 2.13 bits per heavy atom. The molecular formula is C16H12N4OS2. The largest absolute Gasteiger partial charge is 0.346 e. The van der Waals surface area contributed by atoms with Gasteiger partial charge in [0.05, 0.1) is 0 Å². The Morgan fingerprint density at radius 1 is 1.26 bits per heavy atom. The summed E-state index contributed by atoms with van der Waals surface area (Å²) >= 11 is 2.73. The quantitative estimate of drug-likeness (QED) is 0.790. The van der Waals surface area contributed by atoms with Gasteiger partial charge >= 0.3 is 0 Å². The smallest absolute Gasteiger partial charge is 0.282 e. The number of rotatable bonds is 4. The van der Waals surface area contributed by atoms with Crippen LogP contribution in [0.1, 0.15) is 25.3 Å². The Kier molecular flexibility index (Phi) is 4.46. The number of nitriles is 1. The summed E-state index contributed by atoms with van der Waals surface area (Å²) in [5.74, 6) is -0.219. The number of benzene rings is 1. The highest BCUT2D eigenvalue weighted by Gasteiger charge is 2.11. The van der Waals surface area contributed by atoms with Crippen molar-refractivity contribution in [1.82, 2.24) is 15.5 Å². The topological polar surface area (TPSA) is 78.7 Å². The summed E-state index contributed by atoms with van der Waals surface area (Å²) in [5, 5.41) is 20.6. The average Bonchev–Trinajstić information content (AvgIpc) is 3.21. The zero-order chi connectivity index (χ0) is 16.2. The Morgan fingerprint density at radius 3 is 2.83 bits per heavy atom. The second-order valence-corrected chi connectivity index (χ2v) is 7.05. The van der Waals surface area contributed by atoms with Gasteiger partial charge in [0.1, 0.15) is 16.0 Å². The third-order valence-electron chi connectivity index (χ3n) is 3.10. The van der Waals surface area contributed by atoms with Gasteiger partial charge in [0.25, 0.3) is 5.91 Å². The molecule has 23 heavy (non-hydrogen) atoms. The second kappa shape index (κ2) is 6.69. The van der Waals surface area contributed by atoms with Crippen LogP contribution in [0.3, 0.4) is 0 Å². The highest BCUT2D eigenvalue weighted by molar-refractivity contribution is 7.16. The lowest BCUT2D eigenvalue weighted by Gasteiger charge is -2.05. The third kappa shape index (κ3) is 3.62. The fourth-order valence-electron chi connectivity index (χ4n) is 2.03. The summed E-state index contributed by atoms with van der Waals surface area (Å²) in [6.07, 6.45) is 0. The molecule has 0 bridgehead atoms. The number of nitrogens with zero attached hydrogens (tertiary/aromatic N) is 3. The molecule has 7 heteroatoms. The number of nitrogens with one attached hydrogen (secondary N) is 1. The van der Waals surface area contributed by atoms with E-state index in [0.717, 1.165) is 21.0 Å². The van der Waals surface area contributed by atoms with Gasteiger partial charge in [0.15, 0.2) is 0 Å². The highest BCUT2D eigenvalue weighted by atomic mass is 32.1. The zero-order valence-electron chi connectivity index (χ0n) is 12.2. The summed E-state index contributed by atoms with van der Waals surface area (Å²) in [6, 6.07) is 13.8. The first-order valence-corrected chi connectivity index (χ1v) is 8.46. The van der Waals surface area contributed by atoms with Crippen molar-refractivity contribution in [3.05, 3.63) is 56.9 Å². The van der Waals surface area contributed by atoms with Gasteiger partial charge in [-0.1, -0.05) is 29.5 Å². The minimum absolute atomic E-state index is 0.219. The summed E-state index contributed by atoms with van der Waals surface area (Å²) in [7, 11) is 0. The molecule has 114 valence electrons. The number of amides is 1. The Hall–Kier alpha value is -2.56. The summed E-state index contributed by atoms with van der Waals surface area (Å²) in [6.45, 7) is 2.23. The number of hydrogen-bond acceptors (Lipinski definition) is 6. The standard InChI is InChI=1S/C16H12N4OS2/c1-10-19-20-16(22-10)15(21)18-9-11-3-2-4-12(7-11)14-6-5-13(8-17)23-14/h2-7H,9H2,1H3,(H,18,21). The predicted molar refractivity (Wildman–Crippen MR) is 90.3 cm³/mol. The van der Waals surface area contributed by atoms with E-state index in [1.165, 1.54) is 22.7 Å². The first kappa shape index (κ1) is 15.3. The lowest BCUT2D eigenvalue weighted by atomic mass is 10.1. The Balaban J connectivity index is 1.70. The van der Waals surface area contributed by atoms with E-state index in [9.17, 15) is 4.79 Å². The van der Waals surface area contributed by atoms with E-state index in [1.54, 1.807) is 0 Å². The van der Waals surface area contributed by atoms with Gasteiger partial charge < -0.3 is 5.32 Å². The third-order valence-corrected chi connectivity index (χ3v) is 4.98. The fourth-order valence-corrected chi connectivity index (χ4v) is 3.44. The molecule has 0 radical (unpaired) electrons. The second-order valence-electron chi connectivity index (χ2n) is 4.78. The van der Waals surface area contributed by atoms with Gasteiger partial charge in [-0.05, 0) is 36.2 Å². The van der Waals surface area contributed by atoms with Gasteiger partial charge in [-0.15, -0.1) is 21.5 Å². The van der Waals surface area contributed by atoms with E-state index in [0.29, 0.717) is 16.4 Å². The van der Waals surface area contributed by atoms with Crippen LogP contribution in [0.5, 0.6) is 0 Å². The van der Waals surface area contributed by atoms with Crippen LogP contribution in [-0.4, -0.2) is 16.1 Å². The van der Waals surface area contributed by atoms with Crippen LogP contribution < -0.4 is 5.32 Å². The van der Waals surface area contributed by atoms with Gasteiger partial charge in [-0.25, -0.2) is 0 Å². The normalized spacial score (nSPS) is 10.3. The van der Waals surface area contributed by atoms with Gasteiger partial charge in [-0.2, -0.15) is 5.26 Å². The maximum atomic E-state index is 12.0. The number of thiophene rings is 1. The van der Waals surface area contributed by atoms with Crippen LogP contribution in [0.25, 0.3) is 10.4 Å². The van der Waals surface area contributed by atoms with E-state index in [4.69, 9.17) is 5.26 Å². The van der Waals surface area contributed by atoms with Gasteiger partial charge in [0.2, 0.25) is 5.01 Å². The molecule has 0 saturated carbocycles. The molecule has 0 saturated heterocycles. The van der Waals surface area contributed by atoms with Crippen molar-refractivity contribution in [2.24, 2.45) is 0 Å². The Labute approximate surface area is 141 Å². The van der Waals surface area contributed by atoms with Crippen LogP contribution >= 0.6 is 22.7 Å². The van der Waals surface area contributed by atoms with Crippen molar-refractivity contribution in [2.75, 3.05) is 0 Å². The van der Waals surface area contributed by atoms with Crippen LogP contribution in [0.2, 0.25) is 0 Å². The van der Waals surface area contributed by atoms with Crippen LogP contribution in [0.4, 0.5) is 0 Å². The molecule has 0 atom stereocenters. The molecule has 2 aromatic heterocycles. The molecule has 0 unspecified atom stereocenters. The maximum Gasteiger partial charge on any atom is 0.282 e. The lowest BCUT2D eigenvalue weighted by molar-refractivity contribution is 0.0950. The molecule has 0 aliphatic rings. The monoisotopic (exact) mass is 340 g/mol.